The maximum absolute atomic E-state index is 11.6. The first kappa shape index (κ1) is 14.0. The second-order valence-electron chi connectivity index (χ2n) is 4.74. The van der Waals surface area contributed by atoms with Gasteiger partial charge in [-0.05, 0) is 29.5 Å². The highest BCUT2D eigenvalue weighted by Crippen LogP contribution is 2.22. The van der Waals surface area contributed by atoms with E-state index in [4.69, 9.17) is 16.3 Å². The Hall–Kier alpha value is -1.02. The number of carbonyl (C=O) groups excluding carboxylic acids is 1. The van der Waals surface area contributed by atoms with Gasteiger partial charge in [-0.15, -0.1) is 0 Å². The van der Waals surface area contributed by atoms with Gasteiger partial charge in [0.2, 0.25) is 0 Å². The molecule has 0 aliphatic carbocycles. The zero-order chi connectivity index (χ0) is 12.8. The molecule has 0 aromatic heterocycles. The molecule has 0 amide bonds. The summed E-state index contributed by atoms with van der Waals surface area (Å²) >= 11 is 5.91. The standard InChI is InChI=1S/C14H19ClO2/c1-10(2)9-17-14(16)7-11(3)12-5-4-6-13(15)8-12/h4-6,8,10-11H,7,9H2,1-3H3. The third kappa shape index (κ3) is 5.22. The first-order chi connectivity index (χ1) is 7.99. The normalized spacial score (nSPS) is 12.5. The van der Waals surface area contributed by atoms with Crippen molar-refractivity contribution in [2.24, 2.45) is 5.92 Å². The van der Waals surface area contributed by atoms with Crippen LogP contribution >= 0.6 is 11.6 Å². The average Bonchev–Trinajstić information content (AvgIpc) is 2.26. The van der Waals surface area contributed by atoms with Crippen LogP contribution in [-0.2, 0) is 9.53 Å². The van der Waals surface area contributed by atoms with Gasteiger partial charge in [0.05, 0.1) is 13.0 Å². The summed E-state index contributed by atoms with van der Waals surface area (Å²) in [4.78, 5) is 11.6. The summed E-state index contributed by atoms with van der Waals surface area (Å²) in [5.41, 5.74) is 1.07. The summed E-state index contributed by atoms with van der Waals surface area (Å²) in [7, 11) is 0. The molecule has 2 nitrogen and oxygen atoms in total. The number of halogens is 1. The topological polar surface area (TPSA) is 26.3 Å². The largest absolute Gasteiger partial charge is 0.465 e. The fraction of sp³-hybridized carbons (Fsp3) is 0.500. The summed E-state index contributed by atoms with van der Waals surface area (Å²) < 4.78 is 5.15. The van der Waals surface area contributed by atoms with Gasteiger partial charge >= 0.3 is 5.97 Å². The minimum atomic E-state index is -0.147. The molecule has 0 saturated carbocycles. The van der Waals surface area contributed by atoms with Crippen LogP contribution in [0.15, 0.2) is 24.3 Å². The number of rotatable bonds is 5. The Balaban J connectivity index is 2.48. The van der Waals surface area contributed by atoms with Crippen molar-refractivity contribution in [3.8, 4) is 0 Å². The van der Waals surface area contributed by atoms with E-state index in [0.29, 0.717) is 24.0 Å². The average molecular weight is 255 g/mol. The molecule has 94 valence electrons. The van der Waals surface area contributed by atoms with E-state index in [0.717, 1.165) is 5.56 Å². The first-order valence-electron chi connectivity index (χ1n) is 5.90. The number of ether oxygens (including phenoxy) is 1. The Kier molecular flexibility index (Phi) is 5.49. The molecule has 3 heteroatoms. The number of esters is 1. The fourth-order valence-corrected chi connectivity index (χ4v) is 1.70. The van der Waals surface area contributed by atoms with E-state index < -0.39 is 0 Å². The first-order valence-corrected chi connectivity index (χ1v) is 6.28. The molecule has 1 unspecified atom stereocenters. The van der Waals surface area contributed by atoms with E-state index in [1.54, 1.807) is 0 Å². The van der Waals surface area contributed by atoms with Crippen LogP contribution in [0, 0.1) is 5.92 Å². The second-order valence-corrected chi connectivity index (χ2v) is 5.17. The third-order valence-corrected chi connectivity index (χ3v) is 2.70. The van der Waals surface area contributed by atoms with E-state index in [9.17, 15) is 4.79 Å². The van der Waals surface area contributed by atoms with E-state index >= 15 is 0 Å². The molecule has 1 aromatic carbocycles. The van der Waals surface area contributed by atoms with Crippen LogP contribution in [0.25, 0.3) is 0 Å². The van der Waals surface area contributed by atoms with Gasteiger partial charge in [-0.25, -0.2) is 0 Å². The Morgan fingerprint density at radius 1 is 1.35 bits per heavy atom. The van der Waals surface area contributed by atoms with Crippen LogP contribution in [0.2, 0.25) is 5.02 Å². The van der Waals surface area contributed by atoms with Crippen LogP contribution in [0.1, 0.15) is 38.7 Å². The molecule has 0 saturated heterocycles. The number of carbonyl (C=O) groups is 1. The number of benzene rings is 1. The summed E-state index contributed by atoms with van der Waals surface area (Å²) in [6.45, 7) is 6.53. The highest BCUT2D eigenvalue weighted by Gasteiger charge is 2.13. The van der Waals surface area contributed by atoms with Gasteiger partial charge in [-0.2, -0.15) is 0 Å². The molecule has 0 radical (unpaired) electrons. The zero-order valence-electron chi connectivity index (χ0n) is 10.6. The van der Waals surface area contributed by atoms with E-state index in [2.05, 4.69) is 0 Å². The van der Waals surface area contributed by atoms with Crippen LogP contribution in [-0.4, -0.2) is 12.6 Å². The van der Waals surface area contributed by atoms with E-state index in [1.165, 1.54) is 0 Å². The lowest BCUT2D eigenvalue weighted by Crippen LogP contribution is -2.12. The van der Waals surface area contributed by atoms with Crippen LogP contribution in [0.3, 0.4) is 0 Å². The lowest BCUT2D eigenvalue weighted by atomic mass is 9.98. The molecule has 0 aliphatic rings. The minimum absolute atomic E-state index is 0.133. The predicted octanol–water partition coefficient (Wildman–Crippen LogP) is 4.03. The number of hydrogen-bond donors (Lipinski definition) is 0. The molecule has 0 spiro atoms. The van der Waals surface area contributed by atoms with Crippen molar-refractivity contribution < 1.29 is 9.53 Å². The Morgan fingerprint density at radius 2 is 2.06 bits per heavy atom. The molecule has 0 bridgehead atoms. The molecule has 0 aliphatic heterocycles. The van der Waals surface area contributed by atoms with Crippen molar-refractivity contribution in [1.29, 1.82) is 0 Å². The van der Waals surface area contributed by atoms with Gasteiger partial charge in [-0.1, -0.05) is 44.5 Å². The van der Waals surface area contributed by atoms with Crippen molar-refractivity contribution >= 4 is 17.6 Å². The quantitative estimate of drug-likeness (QED) is 0.742. The molecule has 1 aromatic rings. The van der Waals surface area contributed by atoms with Gasteiger partial charge in [0.25, 0.3) is 0 Å². The van der Waals surface area contributed by atoms with Crippen molar-refractivity contribution in [2.75, 3.05) is 6.61 Å². The Labute approximate surface area is 108 Å². The van der Waals surface area contributed by atoms with Crippen LogP contribution < -0.4 is 0 Å². The maximum atomic E-state index is 11.6. The molecule has 0 fully saturated rings. The number of hydrogen-bond acceptors (Lipinski definition) is 2. The molecule has 17 heavy (non-hydrogen) atoms. The molecular formula is C14H19ClO2. The van der Waals surface area contributed by atoms with Gasteiger partial charge < -0.3 is 4.74 Å². The molecule has 0 N–H and O–H groups in total. The van der Waals surface area contributed by atoms with Gasteiger partial charge in [0, 0.05) is 5.02 Å². The van der Waals surface area contributed by atoms with Gasteiger partial charge in [0.1, 0.15) is 0 Å². The maximum Gasteiger partial charge on any atom is 0.306 e. The smallest absolute Gasteiger partial charge is 0.306 e. The van der Waals surface area contributed by atoms with Crippen molar-refractivity contribution in [3.63, 3.8) is 0 Å². The Morgan fingerprint density at radius 3 is 2.65 bits per heavy atom. The van der Waals surface area contributed by atoms with Gasteiger partial charge in [-0.3, -0.25) is 4.79 Å². The summed E-state index contributed by atoms with van der Waals surface area (Å²) in [5, 5.41) is 0.699. The zero-order valence-corrected chi connectivity index (χ0v) is 11.3. The minimum Gasteiger partial charge on any atom is -0.465 e. The Bertz CT molecular complexity index is 374. The van der Waals surface area contributed by atoms with Crippen molar-refractivity contribution in [2.45, 2.75) is 33.1 Å². The van der Waals surface area contributed by atoms with E-state index in [1.807, 2.05) is 45.0 Å². The second kappa shape index (κ2) is 6.65. The predicted molar refractivity (Wildman–Crippen MR) is 70.3 cm³/mol. The van der Waals surface area contributed by atoms with E-state index in [-0.39, 0.29) is 11.9 Å². The summed E-state index contributed by atoms with van der Waals surface area (Å²) in [5.74, 6) is 0.361. The lowest BCUT2D eigenvalue weighted by Gasteiger charge is -2.12. The fourth-order valence-electron chi connectivity index (χ4n) is 1.50. The van der Waals surface area contributed by atoms with Crippen LogP contribution in [0.5, 0.6) is 0 Å². The van der Waals surface area contributed by atoms with Crippen molar-refractivity contribution in [3.05, 3.63) is 34.9 Å². The molecule has 1 atom stereocenters. The summed E-state index contributed by atoms with van der Waals surface area (Å²) in [6, 6.07) is 7.59. The van der Waals surface area contributed by atoms with Crippen molar-refractivity contribution in [1.82, 2.24) is 0 Å². The lowest BCUT2D eigenvalue weighted by molar-refractivity contribution is -0.145. The van der Waals surface area contributed by atoms with Crippen LogP contribution in [0.4, 0.5) is 0 Å². The highest BCUT2D eigenvalue weighted by atomic mass is 35.5. The molecule has 0 heterocycles. The molecule has 1 rings (SSSR count). The summed E-state index contributed by atoms with van der Waals surface area (Å²) in [6.07, 6.45) is 0.396. The monoisotopic (exact) mass is 254 g/mol. The highest BCUT2D eigenvalue weighted by molar-refractivity contribution is 6.30. The SMILES string of the molecule is CC(C)COC(=O)CC(C)c1cccc(Cl)c1. The van der Waals surface area contributed by atoms with Gasteiger partial charge in [0.15, 0.2) is 0 Å². The third-order valence-electron chi connectivity index (χ3n) is 2.47. The molecular weight excluding hydrogens is 236 g/mol.